The summed E-state index contributed by atoms with van der Waals surface area (Å²) in [6.07, 6.45) is 0. The fraction of sp³-hybridized carbons (Fsp3) is 0.188. The van der Waals surface area contributed by atoms with E-state index >= 15 is 0 Å². The van der Waals surface area contributed by atoms with Crippen molar-refractivity contribution in [2.75, 3.05) is 0 Å². The fourth-order valence-corrected chi connectivity index (χ4v) is 2.07. The highest BCUT2D eigenvalue weighted by atomic mass is 19.1. The quantitative estimate of drug-likeness (QED) is 0.879. The fourth-order valence-electron chi connectivity index (χ4n) is 2.07. The summed E-state index contributed by atoms with van der Waals surface area (Å²) in [4.78, 5) is 11.3. The van der Waals surface area contributed by atoms with Crippen molar-refractivity contribution in [2.45, 2.75) is 19.5 Å². The maximum atomic E-state index is 13.2. The van der Waals surface area contributed by atoms with Crippen LogP contribution < -0.4 is 11.1 Å². The normalized spacial score (nSPS) is 12.1. The Morgan fingerprint density at radius 1 is 1.25 bits per heavy atom. The van der Waals surface area contributed by atoms with Gasteiger partial charge in [-0.2, -0.15) is 0 Å². The predicted molar refractivity (Wildman–Crippen MR) is 76.6 cm³/mol. The highest BCUT2D eigenvalue weighted by molar-refractivity contribution is 5.94. The van der Waals surface area contributed by atoms with Gasteiger partial charge in [0.15, 0.2) is 0 Å². The number of amides is 1. The Labute approximate surface area is 117 Å². The standard InChI is InChI=1S/C16H17FN2O/c1-11(12-6-4-7-14(17)9-12)19-10-13-5-2-3-8-15(13)16(18)20/h2-9,11,19H,10H2,1H3,(H2,18,20)/t11-/m0/s1. The van der Waals surface area contributed by atoms with Gasteiger partial charge in [0.1, 0.15) is 5.82 Å². The Morgan fingerprint density at radius 3 is 2.70 bits per heavy atom. The Kier molecular flexibility index (Phi) is 4.48. The molecule has 1 amide bonds. The topological polar surface area (TPSA) is 55.1 Å². The van der Waals surface area contributed by atoms with Gasteiger partial charge in [-0.25, -0.2) is 4.39 Å². The number of nitrogens with one attached hydrogen (secondary N) is 1. The van der Waals surface area contributed by atoms with E-state index in [0.717, 1.165) is 11.1 Å². The average Bonchev–Trinajstić information content (AvgIpc) is 2.45. The van der Waals surface area contributed by atoms with E-state index < -0.39 is 5.91 Å². The maximum Gasteiger partial charge on any atom is 0.249 e. The lowest BCUT2D eigenvalue weighted by Gasteiger charge is -2.15. The molecule has 0 aliphatic rings. The van der Waals surface area contributed by atoms with Crippen molar-refractivity contribution in [1.82, 2.24) is 5.32 Å². The minimum absolute atomic E-state index is 0.0216. The Morgan fingerprint density at radius 2 is 2.00 bits per heavy atom. The minimum Gasteiger partial charge on any atom is -0.366 e. The molecule has 0 fully saturated rings. The summed E-state index contributed by atoms with van der Waals surface area (Å²) < 4.78 is 13.2. The molecular weight excluding hydrogens is 255 g/mol. The van der Waals surface area contributed by atoms with E-state index in [1.807, 2.05) is 25.1 Å². The highest BCUT2D eigenvalue weighted by Gasteiger charge is 2.09. The van der Waals surface area contributed by atoms with Crippen molar-refractivity contribution >= 4 is 5.91 Å². The maximum absolute atomic E-state index is 13.2. The van der Waals surface area contributed by atoms with Crippen LogP contribution in [0.5, 0.6) is 0 Å². The smallest absolute Gasteiger partial charge is 0.249 e. The number of hydrogen-bond acceptors (Lipinski definition) is 2. The number of nitrogens with two attached hydrogens (primary N) is 1. The third kappa shape index (κ3) is 3.42. The van der Waals surface area contributed by atoms with E-state index in [1.54, 1.807) is 18.2 Å². The van der Waals surface area contributed by atoms with Crippen LogP contribution in [0, 0.1) is 5.82 Å². The SMILES string of the molecule is C[C@H](NCc1ccccc1C(N)=O)c1cccc(F)c1. The Balaban J connectivity index is 2.07. The number of carbonyl (C=O) groups is 1. The largest absolute Gasteiger partial charge is 0.366 e. The molecule has 0 spiro atoms. The van der Waals surface area contributed by atoms with E-state index in [4.69, 9.17) is 5.73 Å². The molecule has 20 heavy (non-hydrogen) atoms. The van der Waals surface area contributed by atoms with Crippen molar-refractivity contribution in [2.24, 2.45) is 5.73 Å². The summed E-state index contributed by atoms with van der Waals surface area (Å²) in [6.45, 7) is 2.44. The molecular formula is C16H17FN2O. The summed E-state index contributed by atoms with van der Waals surface area (Å²) in [5.74, 6) is -0.700. The van der Waals surface area contributed by atoms with Gasteiger partial charge < -0.3 is 11.1 Å². The lowest BCUT2D eigenvalue weighted by atomic mass is 10.1. The number of benzene rings is 2. The molecule has 1 atom stereocenters. The molecule has 0 aliphatic carbocycles. The second-order valence-electron chi connectivity index (χ2n) is 4.68. The van der Waals surface area contributed by atoms with Gasteiger partial charge in [-0.1, -0.05) is 30.3 Å². The lowest BCUT2D eigenvalue weighted by molar-refractivity contribution is 0.0999. The van der Waals surface area contributed by atoms with Crippen LogP contribution in [0.3, 0.4) is 0 Å². The third-order valence-corrected chi connectivity index (χ3v) is 3.23. The minimum atomic E-state index is -0.444. The van der Waals surface area contributed by atoms with Crippen molar-refractivity contribution in [1.29, 1.82) is 0 Å². The molecule has 0 bridgehead atoms. The zero-order chi connectivity index (χ0) is 14.5. The lowest BCUT2D eigenvalue weighted by Crippen LogP contribution is -2.21. The van der Waals surface area contributed by atoms with E-state index in [-0.39, 0.29) is 11.9 Å². The van der Waals surface area contributed by atoms with Crippen LogP contribution in [0.2, 0.25) is 0 Å². The van der Waals surface area contributed by atoms with Crippen molar-refractivity contribution in [3.63, 3.8) is 0 Å². The number of halogens is 1. The number of rotatable bonds is 5. The van der Waals surface area contributed by atoms with Crippen LogP contribution in [0.1, 0.15) is 34.5 Å². The highest BCUT2D eigenvalue weighted by Crippen LogP contribution is 2.15. The molecule has 0 saturated carbocycles. The molecule has 104 valence electrons. The van der Waals surface area contributed by atoms with E-state index in [2.05, 4.69) is 5.32 Å². The molecule has 0 aliphatic heterocycles. The third-order valence-electron chi connectivity index (χ3n) is 3.23. The van der Waals surface area contributed by atoms with Crippen LogP contribution >= 0.6 is 0 Å². The molecule has 2 rings (SSSR count). The van der Waals surface area contributed by atoms with Crippen LogP contribution in [-0.2, 0) is 6.54 Å². The van der Waals surface area contributed by atoms with Gasteiger partial charge in [-0.15, -0.1) is 0 Å². The van der Waals surface area contributed by atoms with Gasteiger partial charge in [0.2, 0.25) is 5.91 Å². The second-order valence-corrected chi connectivity index (χ2v) is 4.68. The predicted octanol–water partition coefficient (Wildman–Crippen LogP) is 2.78. The molecule has 2 aromatic rings. The summed E-state index contributed by atoms with van der Waals surface area (Å²) in [6, 6.07) is 13.6. The molecule has 0 unspecified atom stereocenters. The van der Waals surface area contributed by atoms with E-state index in [0.29, 0.717) is 12.1 Å². The van der Waals surface area contributed by atoms with Crippen molar-refractivity contribution in [3.8, 4) is 0 Å². The van der Waals surface area contributed by atoms with Gasteiger partial charge in [0, 0.05) is 18.2 Å². The van der Waals surface area contributed by atoms with Crippen molar-refractivity contribution < 1.29 is 9.18 Å². The van der Waals surface area contributed by atoms with Gasteiger partial charge in [-0.05, 0) is 36.2 Å². The van der Waals surface area contributed by atoms with E-state index in [9.17, 15) is 9.18 Å². The summed E-state index contributed by atoms with van der Waals surface area (Å²) >= 11 is 0. The number of primary amides is 1. The molecule has 2 aromatic carbocycles. The first-order valence-electron chi connectivity index (χ1n) is 6.44. The van der Waals surface area contributed by atoms with E-state index in [1.165, 1.54) is 12.1 Å². The molecule has 3 nitrogen and oxygen atoms in total. The first-order chi connectivity index (χ1) is 9.58. The zero-order valence-electron chi connectivity index (χ0n) is 11.3. The Hall–Kier alpha value is -2.20. The van der Waals surface area contributed by atoms with Gasteiger partial charge >= 0.3 is 0 Å². The van der Waals surface area contributed by atoms with Crippen LogP contribution in [0.4, 0.5) is 4.39 Å². The molecule has 0 saturated heterocycles. The first-order valence-corrected chi connectivity index (χ1v) is 6.44. The average molecular weight is 272 g/mol. The molecule has 0 heterocycles. The monoisotopic (exact) mass is 272 g/mol. The van der Waals surface area contributed by atoms with Gasteiger partial charge in [0.25, 0.3) is 0 Å². The number of carbonyl (C=O) groups excluding carboxylic acids is 1. The molecule has 3 N–H and O–H groups in total. The van der Waals surface area contributed by atoms with Gasteiger partial charge in [0.05, 0.1) is 0 Å². The zero-order valence-corrected chi connectivity index (χ0v) is 11.3. The summed E-state index contributed by atoms with van der Waals surface area (Å²) in [5.41, 5.74) is 7.54. The summed E-state index contributed by atoms with van der Waals surface area (Å²) in [5, 5.41) is 3.26. The molecule has 0 aromatic heterocycles. The van der Waals surface area contributed by atoms with Gasteiger partial charge in [-0.3, -0.25) is 4.79 Å². The van der Waals surface area contributed by atoms with Crippen LogP contribution in [0.15, 0.2) is 48.5 Å². The Bertz CT molecular complexity index is 613. The van der Waals surface area contributed by atoms with Crippen molar-refractivity contribution in [3.05, 3.63) is 71.0 Å². The molecule has 0 radical (unpaired) electrons. The van der Waals surface area contributed by atoms with Crippen LogP contribution in [0.25, 0.3) is 0 Å². The van der Waals surface area contributed by atoms with Crippen LogP contribution in [-0.4, -0.2) is 5.91 Å². The first kappa shape index (κ1) is 14.2. The second kappa shape index (κ2) is 6.30. The number of hydrogen-bond donors (Lipinski definition) is 2. The summed E-state index contributed by atoms with van der Waals surface area (Å²) in [7, 11) is 0. The molecule has 4 heteroatoms.